The van der Waals surface area contributed by atoms with Crippen molar-refractivity contribution in [3.8, 4) is 5.75 Å². The summed E-state index contributed by atoms with van der Waals surface area (Å²) in [6, 6.07) is 18.8. The van der Waals surface area contributed by atoms with Gasteiger partial charge in [0.05, 0.1) is 28.9 Å². The van der Waals surface area contributed by atoms with Crippen molar-refractivity contribution in [2.24, 2.45) is 23.7 Å². The Hall–Kier alpha value is -4.50. The number of fused-ring (bicyclic) bond motifs is 4. The Morgan fingerprint density at radius 3 is 2.32 bits per heavy atom. The number of imide groups is 2. The molecule has 2 heterocycles. The number of hydrazine groups is 1. The molecule has 2 aliphatic heterocycles. The zero-order valence-corrected chi connectivity index (χ0v) is 24.5. The quantitative estimate of drug-likeness (QED) is 0.303. The van der Waals surface area contributed by atoms with Gasteiger partial charge in [-0.3, -0.25) is 29.5 Å². The first-order valence-corrected chi connectivity index (χ1v) is 15.1. The molecular weight excluding hydrogens is 585 g/mol. The monoisotopic (exact) mass is 613 g/mol. The molecule has 3 fully saturated rings. The van der Waals surface area contributed by atoms with E-state index >= 15 is 0 Å². The molecule has 0 unspecified atom stereocenters. The van der Waals surface area contributed by atoms with Crippen LogP contribution in [0.5, 0.6) is 5.75 Å². The summed E-state index contributed by atoms with van der Waals surface area (Å²) in [4.78, 5) is 57.7. The van der Waals surface area contributed by atoms with Crippen molar-refractivity contribution >= 4 is 40.9 Å². The van der Waals surface area contributed by atoms with Crippen LogP contribution in [0.1, 0.15) is 36.8 Å². The van der Waals surface area contributed by atoms with Crippen LogP contribution < -0.4 is 5.43 Å². The number of rotatable bonds is 5. The highest BCUT2D eigenvalue weighted by molar-refractivity contribution is 6.30. The SMILES string of the molecule is CCN1C(=O)[C@H]2[C@H](CC=C3[C@H]2C[C@H]2C(=O)N(Nc4ccc(F)cc4)C(=O)[C@@]2(c2ccc(Cl)cc2)[C@H]3c2ccccc2O)C1=O. The molecule has 3 aromatic rings. The Kier molecular flexibility index (Phi) is 6.62. The molecule has 44 heavy (non-hydrogen) atoms. The third-order valence-electron chi connectivity index (χ3n) is 9.91. The number of nitrogens with one attached hydrogen (secondary N) is 1. The van der Waals surface area contributed by atoms with Crippen molar-refractivity contribution < 1.29 is 28.7 Å². The molecule has 224 valence electrons. The number of phenolic OH excluding ortho intramolecular Hbond substituents is 1. The minimum absolute atomic E-state index is 0.0533. The topological polar surface area (TPSA) is 107 Å². The maximum absolute atomic E-state index is 14.9. The normalized spacial score (nSPS) is 29.3. The summed E-state index contributed by atoms with van der Waals surface area (Å²) >= 11 is 6.28. The number of phenols is 1. The Morgan fingerprint density at radius 2 is 1.64 bits per heavy atom. The van der Waals surface area contributed by atoms with Gasteiger partial charge in [-0.2, -0.15) is 5.01 Å². The summed E-state index contributed by atoms with van der Waals surface area (Å²) in [5.41, 5.74) is 3.44. The fourth-order valence-corrected chi connectivity index (χ4v) is 8.23. The average molecular weight is 614 g/mol. The van der Waals surface area contributed by atoms with Gasteiger partial charge in [-0.25, -0.2) is 4.39 Å². The van der Waals surface area contributed by atoms with Gasteiger partial charge in [-0.05, 0) is 73.7 Å². The Morgan fingerprint density at radius 1 is 0.932 bits per heavy atom. The molecule has 1 saturated carbocycles. The number of hydrogen-bond acceptors (Lipinski definition) is 6. The number of benzene rings is 3. The number of carbonyl (C=O) groups excluding carboxylic acids is 4. The second kappa shape index (κ2) is 10.3. The predicted molar refractivity (Wildman–Crippen MR) is 160 cm³/mol. The van der Waals surface area contributed by atoms with E-state index in [1.807, 2.05) is 6.08 Å². The highest BCUT2D eigenvalue weighted by Crippen LogP contribution is 2.64. The van der Waals surface area contributed by atoms with Crippen LogP contribution in [0.4, 0.5) is 10.1 Å². The van der Waals surface area contributed by atoms with Crippen molar-refractivity contribution in [2.45, 2.75) is 31.1 Å². The van der Waals surface area contributed by atoms with E-state index in [-0.39, 0.29) is 30.5 Å². The first-order valence-electron chi connectivity index (χ1n) is 14.7. The molecule has 4 amide bonds. The number of halogens is 2. The Balaban J connectivity index is 1.47. The molecule has 6 atom stereocenters. The van der Waals surface area contributed by atoms with Crippen molar-refractivity contribution in [3.63, 3.8) is 0 Å². The lowest BCUT2D eigenvalue weighted by atomic mass is 9.49. The molecule has 3 aromatic carbocycles. The largest absolute Gasteiger partial charge is 0.508 e. The maximum Gasteiger partial charge on any atom is 0.260 e. The number of amides is 4. The van der Waals surface area contributed by atoms with Crippen molar-refractivity contribution in [1.29, 1.82) is 0 Å². The summed E-state index contributed by atoms with van der Waals surface area (Å²) in [5.74, 6) is -5.63. The molecule has 2 saturated heterocycles. The second-order valence-corrected chi connectivity index (χ2v) is 12.3. The van der Waals surface area contributed by atoms with E-state index in [2.05, 4.69) is 5.43 Å². The summed E-state index contributed by atoms with van der Waals surface area (Å²) < 4.78 is 13.7. The van der Waals surface area contributed by atoms with Gasteiger partial charge in [0.15, 0.2) is 0 Å². The van der Waals surface area contributed by atoms with Gasteiger partial charge in [0.25, 0.3) is 11.8 Å². The molecule has 7 rings (SSSR count). The van der Waals surface area contributed by atoms with E-state index in [0.29, 0.717) is 28.3 Å². The summed E-state index contributed by atoms with van der Waals surface area (Å²) in [6.45, 7) is 2.01. The number of likely N-dealkylation sites (tertiary alicyclic amines) is 1. The van der Waals surface area contributed by atoms with E-state index in [0.717, 1.165) is 10.6 Å². The highest BCUT2D eigenvalue weighted by atomic mass is 35.5. The molecule has 0 aromatic heterocycles. The second-order valence-electron chi connectivity index (χ2n) is 11.9. The van der Waals surface area contributed by atoms with Crippen LogP contribution in [0.3, 0.4) is 0 Å². The van der Waals surface area contributed by atoms with Crippen LogP contribution in [-0.4, -0.2) is 45.2 Å². The predicted octanol–water partition coefficient (Wildman–Crippen LogP) is 5.19. The van der Waals surface area contributed by atoms with Gasteiger partial charge in [-0.15, -0.1) is 0 Å². The molecule has 4 aliphatic rings. The van der Waals surface area contributed by atoms with E-state index < -0.39 is 52.6 Å². The molecule has 8 nitrogen and oxygen atoms in total. The van der Waals surface area contributed by atoms with Crippen molar-refractivity contribution in [1.82, 2.24) is 9.91 Å². The standard InChI is InChI=1S/C34H29ClFN3O5/c1-2-38-30(41)24-16-15-22-25(28(24)32(38)43)17-26-31(42)39(37-21-13-11-20(36)12-14-21)33(44)34(26,18-7-9-19(35)10-8-18)29(22)23-5-3-4-6-27(23)40/h3-15,24-26,28-29,37,40H,2,16-17H2,1H3/t24-,25+,26-,28-,29+,34+/m0/s1. The highest BCUT2D eigenvalue weighted by Gasteiger charge is 2.70. The van der Waals surface area contributed by atoms with Crippen molar-refractivity contribution in [2.75, 3.05) is 12.0 Å². The third kappa shape index (κ3) is 3.88. The summed E-state index contributed by atoms with van der Waals surface area (Å²) in [5, 5.41) is 12.7. The van der Waals surface area contributed by atoms with Gasteiger partial charge in [0.1, 0.15) is 11.6 Å². The van der Waals surface area contributed by atoms with E-state index in [4.69, 9.17) is 11.6 Å². The van der Waals surface area contributed by atoms with E-state index in [9.17, 15) is 28.7 Å². The van der Waals surface area contributed by atoms with Crippen LogP contribution in [-0.2, 0) is 24.6 Å². The fraction of sp³-hybridized carbons (Fsp3) is 0.294. The summed E-state index contributed by atoms with van der Waals surface area (Å²) in [7, 11) is 0. The third-order valence-corrected chi connectivity index (χ3v) is 10.2. The van der Waals surface area contributed by atoms with Crippen LogP contribution in [0, 0.1) is 29.5 Å². The summed E-state index contributed by atoms with van der Waals surface area (Å²) in [6.07, 6.45) is 2.39. The lowest BCUT2D eigenvalue weighted by Crippen LogP contribution is -2.53. The number of hydrogen-bond donors (Lipinski definition) is 2. The molecular formula is C34H29ClFN3O5. The van der Waals surface area contributed by atoms with Gasteiger partial charge < -0.3 is 5.11 Å². The molecule has 0 spiro atoms. The van der Waals surface area contributed by atoms with Crippen LogP contribution in [0.2, 0.25) is 5.02 Å². The molecule has 0 bridgehead atoms. The van der Waals surface area contributed by atoms with Crippen LogP contribution in [0.25, 0.3) is 0 Å². The van der Waals surface area contributed by atoms with Crippen molar-refractivity contribution in [3.05, 3.63) is 106 Å². The lowest BCUT2D eigenvalue weighted by Gasteiger charge is -2.50. The van der Waals surface area contributed by atoms with Gasteiger partial charge in [0.2, 0.25) is 11.8 Å². The number of aromatic hydroxyl groups is 1. The zero-order chi connectivity index (χ0) is 30.9. The molecule has 10 heteroatoms. The number of carbonyl (C=O) groups is 4. The lowest BCUT2D eigenvalue weighted by molar-refractivity contribution is -0.141. The minimum atomic E-state index is -1.53. The molecule has 0 radical (unpaired) electrons. The molecule has 2 aliphatic carbocycles. The molecule has 2 N–H and O–H groups in total. The van der Waals surface area contributed by atoms with Crippen LogP contribution in [0.15, 0.2) is 84.4 Å². The zero-order valence-electron chi connectivity index (χ0n) is 23.7. The number of anilines is 1. The first kappa shape index (κ1) is 28.3. The smallest absolute Gasteiger partial charge is 0.260 e. The van der Waals surface area contributed by atoms with Crippen LogP contribution >= 0.6 is 11.6 Å². The van der Waals surface area contributed by atoms with E-state index in [1.165, 1.54) is 35.2 Å². The first-order chi connectivity index (χ1) is 21.2. The average Bonchev–Trinajstić information content (AvgIpc) is 3.39. The Labute approximate surface area is 258 Å². The number of para-hydroxylation sites is 1. The number of nitrogens with zero attached hydrogens (tertiary/aromatic N) is 2. The van der Waals surface area contributed by atoms with Gasteiger partial charge >= 0.3 is 0 Å². The maximum atomic E-state index is 14.9. The van der Waals surface area contributed by atoms with Gasteiger partial charge in [-0.1, -0.05) is 53.6 Å². The Bertz CT molecular complexity index is 1740. The minimum Gasteiger partial charge on any atom is -0.508 e. The number of allylic oxidation sites excluding steroid dienone is 2. The van der Waals surface area contributed by atoms with Gasteiger partial charge in [0, 0.05) is 23.0 Å². The van der Waals surface area contributed by atoms with E-state index in [1.54, 1.807) is 49.4 Å². The fourth-order valence-electron chi connectivity index (χ4n) is 8.11.